The van der Waals surface area contributed by atoms with Crippen LogP contribution in [0.1, 0.15) is 49.3 Å². The number of aromatic amines is 1. The Kier molecular flexibility index (Phi) is 6.76. The monoisotopic (exact) mass is 470 g/mol. The molecule has 0 saturated carbocycles. The molecule has 2 aliphatic heterocycles. The molecular formula is C27H30N6S. The summed E-state index contributed by atoms with van der Waals surface area (Å²) in [6.07, 6.45) is 7.46. The van der Waals surface area contributed by atoms with Gasteiger partial charge in [-0.3, -0.25) is 0 Å². The predicted octanol–water partition coefficient (Wildman–Crippen LogP) is 5.90. The Labute approximate surface area is 205 Å². The number of hydrogen-bond donors (Lipinski definition) is 1. The zero-order valence-electron chi connectivity index (χ0n) is 19.7. The lowest BCUT2D eigenvalue weighted by atomic mass is 10.0. The minimum Gasteiger partial charge on any atom is -0.365 e. The summed E-state index contributed by atoms with van der Waals surface area (Å²) in [7, 11) is 0. The number of nitrogens with zero attached hydrogens (tertiary/aromatic N) is 5. The number of hydrogen-bond acceptors (Lipinski definition) is 5. The van der Waals surface area contributed by atoms with Crippen molar-refractivity contribution in [2.75, 3.05) is 31.1 Å². The molecule has 0 spiro atoms. The van der Waals surface area contributed by atoms with Gasteiger partial charge in [0, 0.05) is 36.6 Å². The van der Waals surface area contributed by atoms with Crippen LogP contribution in [-0.2, 0) is 12.2 Å². The van der Waals surface area contributed by atoms with E-state index in [1.165, 1.54) is 36.9 Å². The molecule has 0 amide bonds. The van der Waals surface area contributed by atoms with Gasteiger partial charge in [-0.15, -0.1) is 11.8 Å². The number of nitrogens with one attached hydrogen (secondary N) is 1. The van der Waals surface area contributed by atoms with Crippen LogP contribution < -0.4 is 4.90 Å². The zero-order chi connectivity index (χ0) is 23.5. The number of benzene rings is 1. The Balaban J connectivity index is 1.41. The van der Waals surface area contributed by atoms with Crippen molar-refractivity contribution in [3.63, 3.8) is 0 Å². The molecule has 0 radical (unpaired) electrons. The molecular weight excluding hydrogens is 440 g/mol. The molecule has 0 atom stereocenters. The molecule has 2 fully saturated rings. The SMILES string of the molecule is [C-]#[N+]c1c(N2CCC(N3CCCC3)CC2)nc(SCc2ccc3[nH]ccc3c2)c(C#N)c1CC. The molecule has 174 valence electrons. The van der Waals surface area contributed by atoms with Gasteiger partial charge in [-0.25, -0.2) is 9.83 Å². The van der Waals surface area contributed by atoms with Gasteiger partial charge >= 0.3 is 0 Å². The molecule has 2 saturated heterocycles. The van der Waals surface area contributed by atoms with Crippen LogP contribution >= 0.6 is 11.8 Å². The molecule has 1 N–H and O–H groups in total. The van der Waals surface area contributed by atoms with Crippen molar-refractivity contribution in [3.05, 3.63) is 58.6 Å². The van der Waals surface area contributed by atoms with E-state index in [0.29, 0.717) is 23.7 Å². The molecule has 3 aromatic rings. The molecule has 5 rings (SSSR count). The van der Waals surface area contributed by atoms with Gasteiger partial charge in [0.25, 0.3) is 0 Å². The molecule has 7 heteroatoms. The normalized spacial score (nSPS) is 17.2. The molecule has 0 bridgehead atoms. The lowest BCUT2D eigenvalue weighted by Gasteiger charge is -2.38. The Morgan fingerprint density at radius 2 is 2.00 bits per heavy atom. The summed E-state index contributed by atoms with van der Waals surface area (Å²) in [6.45, 7) is 14.2. The zero-order valence-corrected chi connectivity index (χ0v) is 20.5. The summed E-state index contributed by atoms with van der Waals surface area (Å²) in [6, 6.07) is 11.5. The number of likely N-dealkylation sites (tertiary alicyclic amines) is 1. The number of fused-ring (bicyclic) bond motifs is 1. The number of nitriles is 1. The summed E-state index contributed by atoms with van der Waals surface area (Å²) >= 11 is 1.60. The highest BCUT2D eigenvalue weighted by atomic mass is 32.2. The molecule has 4 heterocycles. The highest BCUT2D eigenvalue weighted by molar-refractivity contribution is 7.98. The number of rotatable bonds is 6. The maximum atomic E-state index is 9.99. The van der Waals surface area contributed by atoms with Gasteiger partial charge < -0.3 is 14.8 Å². The summed E-state index contributed by atoms with van der Waals surface area (Å²) < 4.78 is 0. The van der Waals surface area contributed by atoms with E-state index >= 15 is 0 Å². The van der Waals surface area contributed by atoms with Crippen molar-refractivity contribution in [3.8, 4) is 6.07 Å². The van der Waals surface area contributed by atoms with Gasteiger partial charge in [0.2, 0.25) is 5.69 Å². The van der Waals surface area contributed by atoms with Crippen LogP contribution in [0.2, 0.25) is 0 Å². The second-order valence-corrected chi connectivity index (χ2v) is 10.1. The van der Waals surface area contributed by atoms with Gasteiger partial charge in [-0.2, -0.15) is 5.26 Å². The highest BCUT2D eigenvalue weighted by Crippen LogP contribution is 2.40. The van der Waals surface area contributed by atoms with E-state index in [0.717, 1.165) is 53.6 Å². The van der Waals surface area contributed by atoms with Gasteiger partial charge in [0.15, 0.2) is 0 Å². The second kappa shape index (κ2) is 10.1. The molecule has 34 heavy (non-hydrogen) atoms. The minimum absolute atomic E-state index is 0.566. The number of pyridine rings is 1. The summed E-state index contributed by atoms with van der Waals surface area (Å²) in [5.41, 5.74) is 4.29. The van der Waals surface area contributed by atoms with Gasteiger partial charge in [0.1, 0.15) is 16.9 Å². The summed E-state index contributed by atoms with van der Waals surface area (Å²) in [5.74, 6) is 1.51. The van der Waals surface area contributed by atoms with E-state index in [-0.39, 0.29) is 0 Å². The van der Waals surface area contributed by atoms with Crippen LogP contribution in [0.15, 0.2) is 35.5 Å². The van der Waals surface area contributed by atoms with Crippen molar-refractivity contribution >= 4 is 34.2 Å². The molecule has 2 aliphatic rings. The fourth-order valence-electron chi connectivity index (χ4n) is 5.38. The van der Waals surface area contributed by atoms with E-state index in [9.17, 15) is 5.26 Å². The van der Waals surface area contributed by atoms with Crippen molar-refractivity contribution in [1.82, 2.24) is 14.9 Å². The predicted molar refractivity (Wildman–Crippen MR) is 138 cm³/mol. The van der Waals surface area contributed by atoms with Crippen LogP contribution in [0.5, 0.6) is 0 Å². The minimum atomic E-state index is 0.566. The Morgan fingerprint density at radius 3 is 2.71 bits per heavy atom. The summed E-state index contributed by atoms with van der Waals surface area (Å²) in [5, 5.41) is 11.9. The first-order valence-electron chi connectivity index (χ1n) is 12.2. The fourth-order valence-corrected chi connectivity index (χ4v) is 6.33. The topological polar surface area (TPSA) is 63.3 Å². The van der Waals surface area contributed by atoms with Crippen molar-refractivity contribution in [2.24, 2.45) is 0 Å². The highest BCUT2D eigenvalue weighted by Gasteiger charge is 2.29. The van der Waals surface area contributed by atoms with E-state index in [1.807, 2.05) is 13.1 Å². The standard InChI is InChI=1S/C27H30N6S/c1-3-22-23(17-28)27(34-18-19-6-7-24-20(16-19)8-11-30-24)31-26(25(22)29-2)33-14-9-21(10-15-33)32-12-4-5-13-32/h6-8,11,16,21,30H,3-5,9-10,12-15,18H2,1H3. The average Bonchev–Trinajstić information content (AvgIpc) is 3.58. The van der Waals surface area contributed by atoms with E-state index < -0.39 is 0 Å². The van der Waals surface area contributed by atoms with E-state index in [2.05, 4.69) is 50.0 Å². The molecule has 2 aromatic heterocycles. The summed E-state index contributed by atoms with van der Waals surface area (Å²) in [4.78, 5) is 17.0. The Hall–Kier alpha value is -3.00. The number of aromatic nitrogens is 2. The van der Waals surface area contributed by atoms with Crippen LogP contribution in [-0.4, -0.2) is 47.1 Å². The largest absolute Gasteiger partial charge is 0.365 e. The number of piperidine rings is 1. The van der Waals surface area contributed by atoms with Crippen molar-refractivity contribution < 1.29 is 0 Å². The van der Waals surface area contributed by atoms with Gasteiger partial charge in [-0.05, 0) is 79.9 Å². The van der Waals surface area contributed by atoms with Crippen molar-refractivity contribution in [2.45, 2.75) is 55.8 Å². The molecule has 0 unspecified atom stereocenters. The van der Waals surface area contributed by atoms with Crippen molar-refractivity contribution in [1.29, 1.82) is 5.26 Å². The average molecular weight is 471 g/mol. The lowest BCUT2D eigenvalue weighted by Crippen LogP contribution is -2.44. The molecule has 6 nitrogen and oxygen atoms in total. The maximum absolute atomic E-state index is 9.99. The second-order valence-electron chi connectivity index (χ2n) is 9.17. The third kappa shape index (κ3) is 4.39. The van der Waals surface area contributed by atoms with Gasteiger partial charge in [-0.1, -0.05) is 13.0 Å². The Bertz CT molecular complexity index is 1250. The van der Waals surface area contributed by atoms with Gasteiger partial charge in [0.05, 0.1) is 12.1 Å². The smallest absolute Gasteiger partial charge is 0.232 e. The quantitative estimate of drug-likeness (QED) is 0.359. The first-order valence-corrected chi connectivity index (χ1v) is 13.2. The van der Waals surface area contributed by atoms with Crippen LogP contribution in [0.3, 0.4) is 0 Å². The first-order chi connectivity index (χ1) is 16.7. The number of thioether (sulfide) groups is 1. The number of H-pyrrole nitrogens is 1. The first kappa shape index (κ1) is 22.8. The van der Waals surface area contributed by atoms with Crippen LogP contribution in [0.25, 0.3) is 15.7 Å². The lowest BCUT2D eigenvalue weighted by molar-refractivity contribution is 0.207. The number of anilines is 1. The maximum Gasteiger partial charge on any atom is 0.232 e. The molecule has 1 aromatic carbocycles. The molecule has 0 aliphatic carbocycles. The van der Waals surface area contributed by atoms with E-state index in [1.54, 1.807) is 11.8 Å². The van der Waals surface area contributed by atoms with E-state index in [4.69, 9.17) is 11.6 Å². The Morgan fingerprint density at radius 1 is 1.21 bits per heavy atom. The third-order valence-corrected chi connectivity index (χ3v) is 8.26. The van der Waals surface area contributed by atoms with Crippen LogP contribution in [0, 0.1) is 17.9 Å². The third-order valence-electron chi connectivity index (χ3n) is 7.21. The van der Waals surface area contributed by atoms with Crippen LogP contribution in [0.4, 0.5) is 11.5 Å². The fraction of sp³-hybridized carbons (Fsp3) is 0.444.